The lowest BCUT2D eigenvalue weighted by Gasteiger charge is -2.30. The van der Waals surface area contributed by atoms with Gasteiger partial charge in [-0.1, -0.05) is 35.9 Å². The molecule has 1 heterocycles. The lowest BCUT2D eigenvalue weighted by molar-refractivity contribution is -0.126. The number of Topliss-reactive ketones (excluding diaryl/α,β-unsaturated/α-hetero) is 1. The fourth-order valence-corrected chi connectivity index (χ4v) is 5.09. The van der Waals surface area contributed by atoms with Crippen molar-refractivity contribution < 1.29 is 18.0 Å². The SMILES string of the molecule is CC(=O)c1cccc(S(=O)(=O)N2CCC(C(=O)NCc3cccc(Cl)c3)CC2)c1. The summed E-state index contributed by atoms with van der Waals surface area (Å²) < 4.78 is 27.1. The molecule has 0 aromatic heterocycles. The Labute approximate surface area is 175 Å². The van der Waals surface area contributed by atoms with Crippen LogP contribution in [0.2, 0.25) is 5.02 Å². The standard InChI is InChI=1S/C21H23ClN2O4S/c1-15(25)18-5-3-7-20(13-18)29(27,28)24-10-8-17(9-11-24)21(26)23-14-16-4-2-6-19(22)12-16/h2-7,12-13,17H,8-11,14H2,1H3,(H,23,26). The van der Waals surface area contributed by atoms with Crippen molar-refractivity contribution in [3.63, 3.8) is 0 Å². The van der Waals surface area contributed by atoms with Gasteiger partial charge in [0.25, 0.3) is 0 Å². The van der Waals surface area contributed by atoms with Gasteiger partial charge < -0.3 is 5.32 Å². The monoisotopic (exact) mass is 434 g/mol. The summed E-state index contributed by atoms with van der Waals surface area (Å²) in [4.78, 5) is 24.1. The predicted octanol–water partition coefficient (Wildman–Crippen LogP) is 3.26. The average Bonchev–Trinajstić information content (AvgIpc) is 2.72. The highest BCUT2D eigenvalue weighted by atomic mass is 35.5. The number of ketones is 1. The van der Waals surface area contributed by atoms with Gasteiger partial charge in [0.15, 0.2) is 5.78 Å². The zero-order chi connectivity index (χ0) is 21.0. The van der Waals surface area contributed by atoms with Crippen LogP contribution in [0.3, 0.4) is 0 Å². The largest absolute Gasteiger partial charge is 0.352 e. The van der Waals surface area contributed by atoms with E-state index in [1.165, 1.54) is 23.4 Å². The van der Waals surface area contributed by atoms with Crippen molar-refractivity contribution in [2.75, 3.05) is 13.1 Å². The number of carbonyl (C=O) groups excluding carboxylic acids is 2. The number of rotatable bonds is 6. The van der Waals surface area contributed by atoms with Gasteiger partial charge in [0.2, 0.25) is 15.9 Å². The molecule has 2 aromatic rings. The van der Waals surface area contributed by atoms with Gasteiger partial charge in [-0.15, -0.1) is 0 Å². The topological polar surface area (TPSA) is 83.6 Å². The first-order valence-electron chi connectivity index (χ1n) is 9.40. The van der Waals surface area contributed by atoms with Gasteiger partial charge >= 0.3 is 0 Å². The zero-order valence-corrected chi connectivity index (χ0v) is 17.7. The van der Waals surface area contributed by atoms with Crippen LogP contribution in [-0.4, -0.2) is 37.5 Å². The molecule has 0 saturated carbocycles. The molecule has 6 nitrogen and oxygen atoms in total. The first-order valence-corrected chi connectivity index (χ1v) is 11.2. The molecule has 1 N–H and O–H groups in total. The number of carbonyl (C=O) groups is 2. The molecule has 154 valence electrons. The fourth-order valence-electron chi connectivity index (χ4n) is 3.36. The maximum atomic E-state index is 12.9. The maximum absolute atomic E-state index is 12.9. The average molecular weight is 435 g/mol. The second-order valence-electron chi connectivity index (χ2n) is 7.11. The summed E-state index contributed by atoms with van der Waals surface area (Å²) in [6, 6.07) is 13.3. The number of hydrogen-bond donors (Lipinski definition) is 1. The number of halogens is 1. The van der Waals surface area contributed by atoms with Gasteiger partial charge in [-0.25, -0.2) is 8.42 Å². The van der Waals surface area contributed by atoms with Crippen LogP contribution in [0.25, 0.3) is 0 Å². The van der Waals surface area contributed by atoms with Crippen molar-refractivity contribution in [2.45, 2.75) is 31.2 Å². The summed E-state index contributed by atoms with van der Waals surface area (Å²) in [5.41, 5.74) is 1.28. The molecule has 29 heavy (non-hydrogen) atoms. The Kier molecular flexibility index (Phi) is 6.72. The molecule has 1 saturated heterocycles. The van der Waals surface area contributed by atoms with E-state index in [1.807, 2.05) is 12.1 Å². The van der Waals surface area contributed by atoms with E-state index in [2.05, 4.69) is 5.32 Å². The number of piperidine rings is 1. The number of nitrogens with one attached hydrogen (secondary N) is 1. The van der Waals surface area contributed by atoms with E-state index < -0.39 is 10.0 Å². The molecular formula is C21H23ClN2O4S. The van der Waals surface area contributed by atoms with Gasteiger partial charge in [0.1, 0.15) is 0 Å². The highest BCUT2D eigenvalue weighted by molar-refractivity contribution is 7.89. The molecule has 8 heteroatoms. The Hall–Kier alpha value is -2.22. The van der Waals surface area contributed by atoms with Gasteiger partial charge in [-0.2, -0.15) is 4.31 Å². The summed E-state index contributed by atoms with van der Waals surface area (Å²) in [5.74, 6) is -0.498. The van der Waals surface area contributed by atoms with Crippen LogP contribution in [0, 0.1) is 5.92 Å². The lowest BCUT2D eigenvalue weighted by Crippen LogP contribution is -2.42. The Balaban J connectivity index is 1.58. The third-order valence-corrected chi connectivity index (χ3v) is 7.19. The molecule has 1 aliphatic rings. The second-order valence-corrected chi connectivity index (χ2v) is 9.48. The van der Waals surface area contributed by atoms with E-state index in [0.717, 1.165) is 5.56 Å². The molecule has 0 spiro atoms. The molecule has 0 atom stereocenters. The number of nitrogens with zero attached hydrogens (tertiary/aromatic N) is 1. The van der Waals surface area contributed by atoms with Crippen LogP contribution in [0.1, 0.15) is 35.7 Å². The van der Waals surface area contributed by atoms with Crippen LogP contribution < -0.4 is 5.32 Å². The summed E-state index contributed by atoms with van der Waals surface area (Å²) in [6.07, 6.45) is 0.903. The van der Waals surface area contributed by atoms with Crippen molar-refractivity contribution in [3.05, 3.63) is 64.7 Å². The minimum absolute atomic E-state index is 0.0828. The second kappa shape index (κ2) is 9.07. The van der Waals surface area contributed by atoms with Crippen molar-refractivity contribution in [2.24, 2.45) is 5.92 Å². The lowest BCUT2D eigenvalue weighted by atomic mass is 9.97. The third-order valence-electron chi connectivity index (χ3n) is 5.06. The van der Waals surface area contributed by atoms with Crippen LogP contribution in [0.5, 0.6) is 0 Å². The first-order chi connectivity index (χ1) is 13.8. The number of amides is 1. The zero-order valence-electron chi connectivity index (χ0n) is 16.1. The molecule has 1 aliphatic heterocycles. The van der Waals surface area contributed by atoms with Crippen molar-refractivity contribution in [1.82, 2.24) is 9.62 Å². The summed E-state index contributed by atoms with van der Waals surface area (Å²) in [6.45, 7) is 2.32. The molecule has 1 fully saturated rings. The van der Waals surface area contributed by atoms with Crippen LogP contribution in [0.15, 0.2) is 53.4 Å². The van der Waals surface area contributed by atoms with E-state index in [0.29, 0.717) is 30.0 Å². The normalized spacial score (nSPS) is 15.8. The minimum atomic E-state index is -3.69. The molecule has 1 amide bonds. The fraction of sp³-hybridized carbons (Fsp3) is 0.333. The van der Waals surface area contributed by atoms with E-state index in [-0.39, 0.29) is 35.6 Å². The molecule has 3 rings (SSSR count). The summed E-state index contributed by atoms with van der Waals surface area (Å²) in [5, 5.41) is 3.51. The van der Waals surface area contributed by atoms with Crippen LogP contribution >= 0.6 is 11.6 Å². The number of sulfonamides is 1. The molecule has 0 bridgehead atoms. The molecule has 0 unspecified atom stereocenters. The Morgan fingerprint density at radius 1 is 1.10 bits per heavy atom. The van der Waals surface area contributed by atoms with Crippen molar-refractivity contribution in [3.8, 4) is 0 Å². The van der Waals surface area contributed by atoms with E-state index in [4.69, 9.17) is 11.6 Å². The third kappa shape index (κ3) is 5.23. The first kappa shape index (κ1) is 21.5. The highest BCUT2D eigenvalue weighted by Crippen LogP contribution is 2.25. The van der Waals surface area contributed by atoms with Crippen LogP contribution in [0.4, 0.5) is 0 Å². The van der Waals surface area contributed by atoms with Gasteiger partial charge in [-0.3, -0.25) is 9.59 Å². The summed E-state index contributed by atoms with van der Waals surface area (Å²) in [7, 11) is -3.69. The van der Waals surface area contributed by atoms with Gasteiger partial charge in [0, 0.05) is 36.1 Å². The van der Waals surface area contributed by atoms with Crippen molar-refractivity contribution >= 4 is 33.3 Å². The highest BCUT2D eigenvalue weighted by Gasteiger charge is 2.32. The maximum Gasteiger partial charge on any atom is 0.243 e. The predicted molar refractivity (Wildman–Crippen MR) is 111 cm³/mol. The smallest absolute Gasteiger partial charge is 0.243 e. The Morgan fingerprint density at radius 3 is 2.45 bits per heavy atom. The van der Waals surface area contributed by atoms with E-state index >= 15 is 0 Å². The molecular weight excluding hydrogens is 412 g/mol. The molecule has 0 aliphatic carbocycles. The van der Waals surface area contributed by atoms with E-state index in [9.17, 15) is 18.0 Å². The van der Waals surface area contributed by atoms with Gasteiger partial charge in [-0.05, 0) is 49.6 Å². The van der Waals surface area contributed by atoms with E-state index in [1.54, 1.807) is 24.3 Å². The minimum Gasteiger partial charge on any atom is -0.352 e. The Bertz CT molecular complexity index is 1010. The molecule has 2 aromatic carbocycles. The van der Waals surface area contributed by atoms with Crippen LogP contribution in [-0.2, 0) is 21.4 Å². The van der Waals surface area contributed by atoms with Crippen molar-refractivity contribution in [1.29, 1.82) is 0 Å². The number of benzene rings is 2. The molecule has 0 radical (unpaired) electrons. The van der Waals surface area contributed by atoms with Gasteiger partial charge in [0.05, 0.1) is 4.90 Å². The Morgan fingerprint density at radius 2 is 1.79 bits per heavy atom. The summed E-state index contributed by atoms with van der Waals surface area (Å²) >= 11 is 5.95. The quantitative estimate of drug-likeness (QED) is 0.707. The number of hydrogen-bond acceptors (Lipinski definition) is 4.